The van der Waals surface area contributed by atoms with Crippen LogP contribution in [0.2, 0.25) is 5.02 Å². The molecule has 0 radical (unpaired) electrons. The number of carbonyl (C=O) groups is 1. The molecule has 1 aromatic heterocycles. The van der Waals surface area contributed by atoms with Gasteiger partial charge in [0.1, 0.15) is 0 Å². The Balaban J connectivity index is 1.84. The molecule has 1 heterocycles. The van der Waals surface area contributed by atoms with Crippen LogP contribution in [0.4, 0.5) is 5.69 Å². The van der Waals surface area contributed by atoms with E-state index in [2.05, 4.69) is 5.10 Å². The van der Waals surface area contributed by atoms with Crippen LogP contribution in [0.25, 0.3) is 10.9 Å². The van der Waals surface area contributed by atoms with Crippen LogP contribution in [0.5, 0.6) is 0 Å². The van der Waals surface area contributed by atoms with E-state index in [1.807, 2.05) is 60.7 Å². The highest BCUT2D eigenvalue weighted by Gasteiger charge is 2.24. The Morgan fingerprint density at radius 3 is 2.34 bits per heavy atom. The Morgan fingerprint density at radius 1 is 1.00 bits per heavy atom. The standard InChI is InChI=1S/C23H18ClN3O2/c1-26-20-13-12-17(24)14-19(20)22(28)21(25-26)23(29)27(18-10-6-3-7-11-18)15-16-8-4-2-5-9-16/h2-14H,15H2,1H3. The van der Waals surface area contributed by atoms with Crippen molar-refractivity contribution in [3.05, 3.63) is 105 Å². The Bertz CT molecular complexity index is 1240. The van der Waals surface area contributed by atoms with Gasteiger partial charge in [0.25, 0.3) is 5.91 Å². The molecule has 144 valence electrons. The fourth-order valence-corrected chi connectivity index (χ4v) is 3.44. The van der Waals surface area contributed by atoms with E-state index in [1.54, 1.807) is 30.1 Å². The summed E-state index contributed by atoms with van der Waals surface area (Å²) in [5.41, 5.74) is 1.69. The normalized spacial score (nSPS) is 10.8. The molecule has 1 amide bonds. The van der Waals surface area contributed by atoms with Crippen molar-refractivity contribution in [2.45, 2.75) is 6.54 Å². The highest BCUT2D eigenvalue weighted by molar-refractivity contribution is 6.31. The van der Waals surface area contributed by atoms with E-state index in [9.17, 15) is 9.59 Å². The second-order valence-electron chi connectivity index (χ2n) is 6.68. The minimum atomic E-state index is -0.456. The quantitative estimate of drug-likeness (QED) is 0.506. The number of hydrogen-bond acceptors (Lipinski definition) is 3. The molecular weight excluding hydrogens is 386 g/mol. The predicted octanol–water partition coefficient (Wildman–Crippen LogP) is 4.43. The van der Waals surface area contributed by atoms with E-state index in [-0.39, 0.29) is 5.69 Å². The van der Waals surface area contributed by atoms with Crippen LogP contribution >= 0.6 is 11.6 Å². The number of hydrogen-bond donors (Lipinski definition) is 0. The Hall–Kier alpha value is -3.44. The first-order valence-electron chi connectivity index (χ1n) is 9.12. The molecule has 4 rings (SSSR count). The zero-order valence-electron chi connectivity index (χ0n) is 15.7. The lowest BCUT2D eigenvalue weighted by molar-refractivity contribution is 0.0977. The number of halogens is 1. The van der Waals surface area contributed by atoms with Crippen molar-refractivity contribution in [2.75, 3.05) is 4.90 Å². The molecular formula is C23H18ClN3O2. The lowest BCUT2D eigenvalue weighted by Crippen LogP contribution is -2.36. The monoisotopic (exact) mass is 403 g/mol. The van der Waals surface area contributed by atoms with E-state index >= 15 is 0 Å². The highest BCUT2D eigenvalue weighted by atomic mass is 35.5. The fraction of sp³-hybridized carbons (Fsp3) is 0.0870. The summed E-state index contributed by atoms with van der Waals surface area (Å²) >= 11 is 6.08. The van der Waals surface area contributed by atoms with Crippen molar-refractivity contribution in [1.82, 2.24) is 9.78 Å². The number of aryl methyl sites for hydroxylation is 1. The van der Waals surface area contributed by atoms with Crippen molar-refractivity contribution in [2.24, 2.45) is 7.05 Å². The summed E-state index contributed by atoms with van der Waals surface area (Å²) in [4.78, 5) is 28.1. The maximum Gasteiger partial charge on any atom is 0.283 e. The van der Waals surface area contributed by atoms with E-state index in [0.29, 0.717) is 28.2 Å². The SMILES string of the molecule is Cn1nc(C(=O)N(Cc2ccccc2)c2ccccc2)c(=O)c2cc(Cl)ccc21. The topological polar surface area (TPSA) is 55.2 Å². The zero-order valence-corrected chi connectivity index (χ0v) is 16.5. The molecule has 0 aliphatic heterocycles. The third kappa shape index (κ3) is 3.77. The average molecular weight is 404 g/mol. The molecule has 0 bridgehead atoms. The van der Waals surface area contributed by atoms with Gasteiger partial charge < -0.3 is 4.90 Å². The van der Waals surface area contributed by atoms with E-state index in [0.717, 1.165) is 5.56 Å². The second kappa shape index (κ2) is 7.89. The van der Waals surface area contributed by atoms with Gasteiger partial charge >= 0.3 is 0 Å². The highest BCUT2D eigenvalue weighted by Crippen LogP contribution is 2.20. The Morgan fingerprint density at radius 2 is 1.66 bits per heavy atom. The Labute approximate surface area is 172 Å². The first-order chi connectivity index (χ1) is 14.0. The maximum absolute atomic E-state index is 13.5. The lowest BCUT2D eigenvalue weighted by Gasteiger charge is -2.23. The number of aromatic nitrogens is 2. The third-order valence-electron chi connectivity index (χ3n) is 4.72. The minimum absolute atomic E-state index is 0.137. The lowest BCUT2D eigenvalue weighted by atomic mass is 10.1. The summed E-state index contributed by atoms with van der Waals surface area (Å²) < 4.78 is 1.53. The largest absolute Gasteiger partial charge is 0.302 e. The number of amides is 1. The van der Waals surface area contributed by atoms with Gasteiger partial charge in [0.2, 0.25) is 5.43 Å². The molecule has 0 aliphatic carbocycles. The molecule has 3 aromatic carbocycles. The molecule has 0 N–H and O–H groups in total. The van der Waals surface area contributed by atoms with Gasteiger partial charge in [-0.25, -0.2) is 0 Å². The molecule has 4 aromatic rings. The van der Waals surface area contributed by atoms with Gasteiger partial charge in [-0.3, -0.25) is 14.3 Å². The Kier molecular flexibility index (Phi) is 5.14. The van der Waals surface area contributed by atoms with Gasteiger partial charge in [-0.1, -0.05) is 60.1 Å². The van der Waals surface area contributed by atoms with Crippen LogP contribution in [-0.4, -0.2) is 15.7 Å². The molecule has 0 unspecified atom stereocenters. The number of nitrogens with zero attached hydrogens (tertiary/aromatic N) is 3. The van der Waals surface area contributed by atoms with Crippen molar-refractivity contribution in [3.8, 4) is 0 Å². The van der Waals surface area contributed by atoms with Gasteiger partial charge in [0.05, 0.1) is 17.4 Å². The van der Waals surface area contributed by atoms with Crippen LogP contribution in [0.1, 0.15) is 16.1 Å². The molecule has 0 atom stereocenters. The van der Waals surface area contributed by atoms with Gasteiger partial charge in [0.15, 0.2) is 5.69 Å². The van der Waals surface area contributed by atoms with Crippen molar-refractivity contribution in [3.63, 3.8) is 0 Å². The number of rotatable bonds is 4. The van der Waals surface area contributed by atoms with E-state index in [1.165, 1.54) is 4.68 Å². The van der Waals surface area contributed by atoms with E-state index in [4.69, 9.17) is 11.6 Å². The number of carbonyl (C=O) groups excluding carboxylic acids is 1. The molecule has 0 saturated carbocycles. The number of anilines is 1. The average Bonchev–Trinajstić information content (AvgIpc) is 2.75. The minimum Gasteiger partial charge on any atom is -0.302 e. The van der Waals surface area contributed by atoms with Crippen LogP contribution in [-0.2, 0) is 13.6 Å². The first-order valence-corrected chi connectivity index (χ1v) is 9.50. The van der Waals surface area contributed by atoms with Crippen LogP contribution in [0, 0.1) is 0 Å². The van der Waals surface area contributed by atoms with Crippen LogP contribution in [0.15, 0.2) is 83.7 Å². The molecule has 29 heavy (non-hydrogen) atoms. The molecule has 0 fully saturated rings. The van der Waals surface area contributed by atoms with Crippen molar-refractivity contribution in [1.29, 1.82) is 0 Å². The van der Waals surface area contributed by atoms with E-state index < -0.39 is 11.3 Å². The predicted molar refractivity (Wildman–Crippen MR) is 115 cm³/mol. The van der Waals surface area contributed by atoms with Gasteiger partial charge in [0, 0.05) is 17.8 Å². The summed E-state index contributed by atoms with van der Waals surface area (Å²) in [5.74, 6) is -0.456. The fourth-order valence-electron chi connectivity index (χ4n) is 3.27. The first kappa shape index (κ1) is 18.9. The third-order valence-corrected chi connectivity index (χ3v) is 4.95. The molecule has 6 heteroatoms. The zero-order chi connectivity index (χ0) is 20.4. The van der Waals surface area contributed by atoms with Gasteiger partial charge in [-0.15, -0.1) is 0 Å². The van der Waals surface area contributed by atoms with Gasteiger partial charge in [-0.05, 0) is 35.9 Å². The summed E-state index contributed by atoms with van der Waals surface area (Å²) in [7, 11) is 1.70. The number of para-hydroxylation sites is 1. The summed E-state index contributed by atoms with van der Waals surface area (Å²) in [5, 5.41) is 5.09. The van der Waals surface area contributed by atoms with Crippen molar-refractivity contribution >= 4 is 34.1 Å². The van der Waals surface area contributed by atoms with Crippen LogP contribution in [0.3, 0.4) is 0 Å². The summed E-state index contributed by atoms with van der Waals surface area (Å²) in [6, 6.07) is 23.9. The maximum atomic E-state index is 13.5. The van der Waals surface area contributed by atoms with Crippen LogP contribution < -0.4 is 10.3 Å². The summed E-state index contributed by atoms with van der Waals surface area (Å²) in [6.45, 7) is 0.322. The second-order valence-corrected chi connectivity index (χ2v) is 7.11. The smallest absolute Gasteiger partial charge is 0.283 e. The number of fused-ring (bicyclic) bond motifs is 1. The molecule has 0 aliphatic rings. The number of benzene rings is 3. The van der Waals surface area contributed by atoms with Crippen molar-refractivity contribution < 1.29 is 4.79 Å². The molecule has 0 spiro atoms. The summed E-state index contributed by atoms with van der Waals surface area (Å²) in [6.07, 6.45) is 0. The van der Waals surface area contributed by atoms with Gasteiger partial charge in [-0.2, -0.15) is 5.10 Å². The molecule has 5 nitrogen and oxygen atoms in total. The molecule has 0 saturated heterocycles.